The van der Waals surface area contributed by atoms with Crippen molar-refractivity contribution in [3.63, 3.8) is 0 Å². The van der Waals surface area contributed by atoms with E-state index in [0.717, 1.165) is 0 Å². The summed E-state index contributed by atoms with van der Waals surface area (Å²) in [7, 11) is 0. The van der Waals surface area contributed by atoms with E-state index < -0.39 is 0 Å². The highest BCUT2D eigenvalue weighted by atomic mass is 14.9. The largest absolute Gasteiger partial charge is 0.317 e. The molecule has 1 heterocycles. The lowest BCUT2D eigenvalue weighted by Gasteiger charge is -2.38. The van der Waals surface area contributed by atoms with Gasteiger partial charge in [0.05, 0.1) is 0 Å². The molecule has 2 heteroatoms. The van der Waals surface area contributed by atoms with Crippen LogP contribution in [0.5, 0.6) is 0 Å². The Morgan fingerprint density at radius 1 is 1.27 bits per heavy atom. The summed E-state index contributed by atoms with van der Waals surface area (Å²) in [5.41, 5.74) is 0.587. The van der Waals surface area contributed by atoms with Crippen LogP contribution in [-0.4, -0.2) is 25.7 Å². The zero-order valence-corrected chi connectivity index (χ0v) is 10.7. The van der Waals surface area contributed by atoms with E-state index in [2.05, 4.69) is 31.4 Å². The zero-order valence-electron chi connectivity index (χ0n) is 10.7. The summed E-state index contributed by atoms with van der Waals surface area (Å²) in [6, 6.07) is 0.675. The van der Waals surface area contributed by atoms with Crippen molar-refractivity contribution in [2.24, 2.45) is 5.41 Å². The summed E-state index contributed by atoms with van der Waals surface area (Å²) in [4.78, 5) is 0. The third-order valence-electron chi connectivity index (χ3n) is 3.88. The lowest BCUT2D eigenvalue weighted by atomic mass is 9.75. The highest BCUT2D eigenvalue weighted by Gasteiger charge is 2.30. The Balaban J connectivity index is 2.41. The van der Waals surface area contributed by atoms with Gasteiger partial charge in [-0.3, -0.25) is 0 Å². The molecule has 0 aromatic carbocycles. The van der Waals surface area contributed by atoms with Crippen molar-refractivity contribution in [2.75, 3.05) is 19.6 Å². The van der Waals surface area contributed by atoms with Gasteiger partial charge in [-0.1, -0.05) is 20.3 Å². The van der Waals surface area contributed by atoms with Gasteiger partial charge in [0.2, 0.25) is 0 Å². The first kappa shape index (κ1) is 13.0. The lowest BCUT2D eigenvalue weighted by molar-refractivity contribution is 0.170. The van der Waals surface area contributed by atoms with Crippen molar-refractivity contribution in [1.82, 2.24) is 10.6 Å². The molecular formula is C13H28N2. The first-order chi connectivity index (χ1) is 7.22. The molecule has 2 N–H and O–H groups in total. The fourth-order valence-corrected chi connectivity index (χ4v) is 2.54. The van der Waals surface area contributed by atoms with Crippen LogP contribution < -0.4 is 10.6 Å². The summed E-state index contributed by atoms with van der Waals surface area (Å²) in [5.74, 6) is 0. The molecule has 0 aromatic rings. The fraction of sp³-hybridized carbons (Fsp3) is 1.00. The quantitative estimate of drug-likeness (QED) is 0.707. The average molecular weight is 212 g/mol. The second-order valence-corrected chi connectivity index (χ2v) is 5.19. The number of hydrogen-bond acceptors (Lipinski definition) is 2. The maximum atomic E-state index is 3.70. The van der Waals surface area contributed by atoms with Crippen LogP contribution in [0.3, 0.4) is 0 Å². The molecule has 90 valence electrons. The summed E-state index contributed by atoms with van der Waals surface area (Å²) in [5, 5.41) is 7.17. The Hall–Kier alpha value is -0.0800. The Morgan fingerprint density at radius 2 is 1.93 bits per heavy atom. The van der Waals surface area contributed by atoms with E-state index >= 15 is 0 Å². The molecule has 1 fully saturated rings. The first-order valence-electron chi connectivity index (χ1n) is 6.66. The molecule has 15 heavy (non-hydrogen) atoms. The molecule has 1 aliphatic heterocycles. The van der Waals surface area contributed by atoms with Crippen molar-refractivity contribution in [3.8, 4) is 0 Å². The Bertz CT molecular complexity index is 156. The first-order valence-corrected chi connectivity index (χ1v) is 6.66. The predicted molar refractivity (Wildman–Crippen MR) is 67.2 cm³/mol. The Kier molecular flexibility index (Phi) is 5.62. The predicted octanol–water partition coefficient (Wildman–Crippen LogP) is 2.54. The van der Waals surface area contributed by atoms with Gasteiger partial charge in [-0.05, 0) is 51.1 Å². The van der Waals surface area contributed by atoms with Crippen LogP contribution in [0.1, 0.15) is 52.9 Å². The molecule has 0 aliphatic carbocycles. The molecule has 0 aromatic heterocycles. The standard InChI is InChI=1S/C13H28N2/c1-4-6-13(7-9-14-10-8-13)11-15-12(3)5-2/h12,14-15H,4-11H2,1-3H3. The summed E-state index contributed by atoms with van der Waals surface area (Å²) < 4.78 is 0. The topological polar surface area (TPSA) is 24.1 Å². The molecule has 0 bridgehead atoms. The molecule has 0 spiro atoms. The normalized spacial score (nSPS) is 22.6. The third kappa shape index (κ3) is 4.12. The molecule has 1 atom stereocenters. The minimum atomic E-state index is 0.587. The van der Waals surface area contributed by atoms with E-state index in [4.69, 9.17) is 0 Å². The van der Waals surface area contributed by atoms with Crippen molar-refractivity contribution in [2.45, 2.75) is 58.9 Å². The zero-order chi connectivity index (χ0) is 11.1. The number of nitrogens with one attached hydrogen (secondary N) is 2. The highest BCUT2D eigenvalue weighted by Crippen LogP contribution is 2.33. The van der Waals surface area contributed by atoms with E-state index in [1.165, 1.54) is 51.7 Å². The minimum Gasteiger partial charge on any atom is -0.317 e. The molecule has 1 saturated heterocycles. The highest BCUT2D eigenvalue weighted by molar-refractivity contribution is 4.86. The number of hydrogen-bond donors (Lipinski definition) is 2. The van der Waals surface area contributed by atoms with Crippen molar-refractivity contribution >= 4 is 0 Å². The number of piperidine rings is 1. The van der Waals surface area contributed by atoms with E-state index in [-0.39, 0.29) is 0 Å². The molecule has 0 radical (unpaired) electrons. The third-order valence-corrected chi connectivity index (χ3v) is 3.88. The van der Waals surface area contributed by atoms with Crippen LogP contribution >= 0.6 is 0 Å². The Morgan fingerprint density at radius 3 is 2.47 bits per heavy atom. The molecule has 1 rings (SSSR count). The SMILES string of the molecule is CCCC1(CNC(C)CC)CCNCC1. The Labute approximate surface area is 95.2 Å². The second kappa shape index (κ2) is 6.49. The van der Waals surface area contributed by atoms with E-state index in [9.17, 15) is 0 Å². The summed E-state index contributed by atoms with van der Waals surface area (Å²) in [6.45, 7) is 10.5. The smallest absolute Gasteiger partial charge is 0.00363 e. The number of rotatable bonds is 6. The van der Waals surface area contributed by atoms with Gasteiger partial charge in [-0.15, -0.1) is 0 Å². The van der Waals surface area contributed by atoms with E-state index in [1.54, 1.807) is 0 Å². The summed E-state index contributed by atoms with van der Waals surface area (Å²) >= 11 is 0. The van der Waals surface area contributed by atoms with Crippen LogP contribution in [0.2, 0.25) is 0 Å². The maximum absolute atomic E-state index is 3.70. The molecule has 1 aliphatic rings. The van der Waals surface area contributed by atoms with Crippen molar-refractivity contribution in [3.05, 3.63) is 0 Å². The van der Waals surface area contributed by atoms with Crippen molar-refractivity contribution < 1.29 is 0 Å². The maximum Gasteiger partial charge on any atom is 0.00363 e. The molecule has 0 amide bonds. The van der Waals surface area contributed by atoms with Crippen molar-refractivity contribution in [1.29, 1.82) is 0 Å². The minimum absolute atomic E-state index is 0.587. The van der Waals surface area contributed by atoms with Gasteiger partial charge in [0.1, 0.15) is 0 Å². The van der Waals surface area contributed by atoms with E-state index in [0.29, 0.717) is 11.5 Å². The van der Waals surface area contributed by atoms with Gasteiger partial charge in [0.25, 0.3) is 0 Å². The van der Waals surface area contributed by atoms with Gasteiger partial charge in [0.15, 0.2) is 0 Å². The average Bonchev–Trinajstić information content (AvgIpc) is 2.28. The van der Waals surface area contributed by atoms with Crippen LogP contribution in [0, 0.1) is 5.41 Å². The summed E-state index contributed by atoms with van der Waals surface area (Å²) in [6.07, 6.45) is 6.65. The van der Waals surface area contributed by atoms with Crippen LogP contribution in [0.4, 0.5) is 0 Å². The van der Waals surface area contributed by atoms with E-state index in [1.807, 2.05) is 0 Å². The molecular weight excluding hydrogens is 184 g/mol. The second-order valence-electron chi connectivity index (χ2n) is 5.19. The van der Waals surface area contributed by atoms with Crippen LogP contribution in [0.15, 0.2) is 0 Å². The lowest BCUT2D eigenvalue weighted by Crippen LogP contribution is -2.45. The molecule has 0 saturated carbocycles. The van der Waals surface area contributed by atoms with Gasteiger partial charge in [0, 0.05) is 12.6 Å². The monoisotopic (exact) mass is 212 g/mol. The fourth-order valence-electron chi connectivity index (χ4n) is 2.54. The van der Waals surface area contributed by atoms with Gasteiger partial charge in [-0.2, -0.15) is 0 Å². The van der Waals surface area contributed by atoms with Crippen LogP contribution in [-0.2, 0) is 0 Å². The van der Waals surface area contributed by atoms with Crippen LogP contribution in [0.25, 0.3) is 0 Å². The molecule has 1 unspecified atom stereocenters. The van der Waals surface area contributed by atoms with Gasteiger partial charge >= 0.3 is 0 Å². The van der Waals surface area contributed by atoms with Gasteiger partial charge < -0.3 is 10.6 Å². The van der Waals surface area contributed by atoms with Gasteiger partial charge in [-0.25, -0.2) is 0 Å². The molecule has 2 nitrogen and oxygen atoms in total.